The molecule has 3 heteroatoms. The van der Waals surface area contributed by atoms with Crippen LogP contribution in [-0.2, 0) is 6.54 Å². The third-order valence-electron chi connectivity index (χ3n) is 2.92. The standard InChI is InChI=1S/C13H18N2S/c1-4-16-6-5-15-9-14-12-7-10(2)11(3)8-13(12)15/h7-9H,4-6H2,1-3H3. The Labute approximate surface area is 101 Å². The minimum absolute atomic E-state index is 1.05. The minimum Gasteiger partial charge on any atom is -0.330 e. The second-order valence-corrected chi connectivity index (χ2v) is 5.45. The fourth-order valence-corrected chi connectivity index (χ4v) is 2.41. The molecule has 0 N–H and O–H groups in total. The Morgan fingerprint density at radius 1 is 1.25 bits per heavy atom. The molecule has 86 valence electrons. The fourth-order valence-electron chi connectivity index (χ4n) is 1.80. The number of benzene rings is 1. The van der Waals surface area contributed by atoms with E-state index in [0.717, 1.165) is 17.8 Å². The smallest absolute Gasteiger partial charge is 0.0958 e. The van der Waals surface area contributed by atoms with Gasteiger partial charge in [0.15, 0.2) is 0 Å². The van der Waals surface area contributed by atoms with Gasteiger partial charge in [0.2, 0.25) is 0 Å². The van der Waals surface area contributed by atoms with Gasteiger partial charge >= 0.3 is 0 Å². The average molecular weight is 234 g/mol. The molecule has 1 aromatic heterocycles. The van der Waals surface area contributed by atoms with Crippen molar-refractivity contribution >= 4 is 22.8 Å². The quantitative estimate of drug-likeness (QED) is 0.755. The molecular formula is C13H18N2S. The first-order chi connectivity index (χ1) is 7.72. The number of fused-ring (bicyclic) bond motifs is 1. The van der Waals surface area contributed by atoms with E-state index in [1.165, 1.54) is 22.4 Å². The summed E-state index contributed by atoms with van der Waals surface area (Å²) in [5.41, 5.74) is 5.04. The lowest BCUT2D eigenvalue weighted by molar-refractivity contribution is 0.796. The van der Waals surface area contributed by atoms with Crippen LogP contribution < -0.4 is 0 Å². The molecule has 0 atom stereocenters. The number of aromatic nitrogens is 2. The van der Waals surface area contributed by atoms with Crippen LogP contribution in [0, 0.1) is 13.8 Å². The first-order valence-electron chi connectivity index (χ1n) is 5.72. The molecule has 2 aromatic rings. The maximum absolute atomic E-state index is 4.45. The topological polar surface area (TPSA) is 17.8 Å². The van der Waals surface area contributed by atoms with Gasteiger partial charge in [0.1, 0.15) is 0 Å². The molecule has 2 rings (SSSR count). The van der Waals surface area contributed by atoms with Crippen molar-refractivity contribution in [2.24, 2.45) is 0 Å². The minimum atomic E-state index is 1.05. The highest BCUT2D eigenvalue weighted by Crippen LogP contribution is 2.18. The van der Waals surface area contributed by atoms with Gasteiger partial charge < -0.3 is 4.57 Å². The molecule has 1 heterocycles. The van der Waals surface area contributed by atoms with E-state index in [-0.39, 0.29) is 0 Å². The van der Waals surface area contributed by atoms with Crippen molar-refractivity contribution in [3.63, 3.8) is 0 Å². The Morgan fingerprint density at radius 2 is 2.00 bits per heavy atom. The first-order valence-corrected chi connectivity index (χ1v) is 6.87. The number of hydrogen-bond acceptors (Lipinski definition) is 2. The number of aryl methyl sites for hydroxylation is 3. The van der Waals surface area contributed by atoms with Crippen LogP contribution in [0.5, 0.6) is 0 Å². The summed E-state index contributed by atoms with van der Waals surface area (Å²) in [4.78, 5) is 4.45. The van der Waals surface area contributed by atoms with Crippen LogP contribution in [0.2, 0.25) is 0 Å². The van der Waals surface area contributed by atoms with Crippen molar-refractivity contribution in [1.29, 1.82) is 0 Å². The summed E-state index contributed by atoms with van der Waals surface area (Å²) in [6, 6.07) is 4.42. The van der Waals surface area contributed by atoms with Crippen LogP contribution in [0.3, 0.4) is 0 Å². The molecule has 0 spiro atoms. The zero-order chi connectivity index (χ0) is 11.5. The zero-order valence-corrected chi connectivity index (χ0v) is 11.0. The molecule has 0 fully saturated rings. The van der Waals surface area contributed by atoms with E-state index in [1.54, 1.807) is 0 Å². The van der Waals surface area contributed by atoms with Gasteiger partial charge in [-0.1, -0.05) is 6.92 Å². The summed E-state index contributed by atoms with van der Waals surface area (Å²) < 4.78 is 2.25. The Balaban J connectivity index is 2.29. The summed E-state index contributed by atoms with van der Waals surface area (Å²) in [5, 5.41) is 0. The molecule has 0 aliphatic heterocycles. The average Bonchev–Trinajstić information content (AvgIpc) is 2.63. The Bertz CT molecular complexity index is 488. The molecular weight excluding hydrogens is 216 g/mol. The van der Waals surface area contributed by atoms with Crippen molar-refractivity contribution in [2.45, 2.75) is 27.3 Å². The van der Waals surface area contributed by atoms with Crippen molar-refractivity contribution in [1.82, 2.24) is 9.55 Å². The summed E-state index contributed by atoms with van der Waals surface area (Å²) in [6.45, 7) is 7.55. The normalized spacial score (nSPS) is 11.2. The summed E-state index contributed by atoms with van der Waals surface area (Å²) in [7, 11) is 0. The van der Waals surface area contributed by atoms with Gasteiger partial charge in [0.25, 0.3) is 0 Å². The Morgan fingerprint density at radius 3 is 2.75 bits per heavy atom. The molecule has 0 radical (unpaired) electrons. The lowest BCUT2D eigenvalue weighted by Gasteiger charge is -2.05. The Hall–Kier alpha value is -0.960. The summed E-state index contributed by atoms with van der Waals surface area (Å²) >= 11 is 1.97. The fraction of sp³-hybridized carbons (Fsp3) is 0.462. The van der Waals surface area contributed by atoms with Crippen LogP contribution in [0.1, 0.15) is 18.1 Å². The molecule has 0 unspecified atom stereocenters. The van der Waals surface area contributed by atoms with Crippen LogP contribution in [0.15, 0.2) is 18.5 Å². The highest BCUT2D eigenvalue weighted by atomic mass is 32.2. The molecule has 1 aromatic carbocycles. The first kappa shape index (κ1) is 11.5. The predicted molar refractivity (Wildman–Crippen MR) is 72.2 cm³/mol. The van der Waals surface area contributed by atoms with Crippen molar-refractivity contribution < 1.29 is 0 Å². The molecule has 0 amide bonds. The molecule has 0 aliphatic rings. The van der Waals surface area contributed by atoms with Gasteiger partial charge in [0, 0.05) is 12.3 Å². The zero-order valence-electron chi connectivity index (χ0n) is 10.2. The second-order valence-electron chi connectivity index (χ2n) is 4.06. The second kappa shape index (κ2) is 4.91. The van der Waals surface area contributed by atoms with E-state index < -0.39 is 0 Å². The lowest BCUT2D eigenvalue weighted by Crippen LogP contribution is -1.99. The van der Waals surface area contributed by atoms with E-state index in [2.05, 4.69) is 42.5 Å². The number of imidazole rings is 1. The number of thioether (sulfide) groups is 1. The van der Waals surface area contributed by atoms with Crippen molar-refractivity contribution in [3.05, 3.63) is 29.6 Å². The van der Waals surface area contributed by atoms with Crippen molar-refractivity contribution in [2.75, 3.05) is 11.5 Å². The molecule has 2 nitrogen and oxygen atoms in total. The SMILES string of the molecule is CCSCCn1cnc2cc(C)c(C)cc21. The molecule has 0 saturated carbocycles. The van der Waals surface area contributed by atoms with Gasteiger partial charge in [-0.3, -0.25) is 0 Å². The largest absolute Gasteiger partial charge is 0.330 e. The number of rotatable bonds is 4. The van der Waals surface area contributed by atoms with Gasteiger partial charge in [0.05, 0.1) is 17.4 Å². The van der Waals surface area contributed by atoms with Crippen LogP contribution >= 0.6 is 11.8 Å². The highest BCUT2D eigenvalue weighted by Gasteiger charge is 2.04. The number of nitrogens with zero attached hydrogens (tertiary/aromatic N) is 2. The molecule has 0 saturated heterocycles. The molecule has 0 aliphatic carbocycles. The predicted octanol–water partition coefficient (Wildman–Crippen LogP) is 3.41. The number of hydrogen-bond donors (Lipinski definition) is 0. The summed E-state index contributed by atoms with van der Waals surface area (Å²) in [6.07, 6.45) is 1.96. The van der Waals surface area contributed by atoms with Crippen LogP contribution in [0.25, 0.3) is 11.0 Å². The summed E-state index contributed by atoms with van der Waals surface area (Å²) in [5.74, 6) is 2.35. The Kier molecular flexibility index (Phi) is 3.54. The van der Waals surface area contributed by atoms with Gasteiger partial charge in [-0.15, -0.1) is 0 Å². The lowest BCUT2D eigenvalue weighted by atomic mass is 10.1. The van der Waals surface area contributed by atoms with Gasteiger partial charge in [-0.2, -0.15) is 11.8 Å². The van der Waals surface area contributed by atoms with Gasteiger partial charge in [-0.05, 0) is 42.9 Å². The van der Waals surface area contributed by atoms with E-state index in [1.807, 2.05) is 18.1 Å². The maximum Gasteiger partial charge on any atom is 0.0958 e. The highest BCUT2D eigenvalue weighted by molar-refractivity contribution is 7.99. The maximum atomic E-state index is 4.45. The third kappa shape index (κ3) is 2.24. The van der Waals surface area contributed by atoms with Crippen LogP contribution in [0.4, 0.5) is 0 Å². The van der Waals surface area contributed by atoms with Crippen LogP contribution in [-0.4, -0.2) is 21.1 Å². The monoisotopic (exact) mass is 234 g/mol. The van der Waals surface area contributed by atoms with E-state index >= 15 is 0 Å². The molecule has 0 bridgehead atoms. The third-order valence-corrected chi connectivity index (χ3v) is 3.80. The van der Waals surface area contributed by atoms with E-state index in [4.69, 9.17) is 0 Å². The van der Waals surface area contributed by atoms with Crippen molar-refractivity contribution in [3.8, 4) is 0 Å². The van der Waals surface area contributed by atoms with E-state index in [9.17, 15) is 0 Å². The van der Waals surface area contributed by atoms with Gasteiger partial charge in [-0.25, -0.2) is 4.98 Å². The van der Waals surface area contributed by atoms with E-state index in [0.29, 0.717) is 0 Å². The molecule has 16 heavy (non-hydrogen) atoms.